The zero-order valence-electron chi connectivity index (χ0n) is 11.3. The molecule has 1 heterocycles. The number of amides is 2. The topological polar surface area (TPSA) is 49.4 Å². The van der Waals surface area contributed by atoms with E-state index in [1.165, 1.54) is 6.07 Å². The van der Waals surface area contributed by atoms with Gasteiger partial charge in [-0.2, -0.15) is 0 Å². The number of carbonyl (C=O) groups is 2. The van der Waals surface area contributed by atoms with E-state index in [9.17, 15) is 14.0 Å². The van der Waals surface area contributed by atoms with Gasteiger partial charge in [0.05, 0.1) is 15.6 Å². The Balaban J connectivity index is 1.82. The summed E-state index contributed by atoms with van der Waals surface area (Å²) in [6.07, 6.45) is 2.14. The van der Waals surface area contributed by atoms with Crippen molar-refractivity contribution in [3.63, 3.8) is 0 Å². The summed E-state index contributed by atoms with van der Waals surface area (Å²) in [6, 6.07) is 2.22. The quantitative estimate of drug-likeness (QED) is 0.665. The second kappa shape index (κ2) is 7.09. The molecule has 0 aliphatic carbocycles. The minimum atomic E-state index is -0.686. The molecule has 2 amide bonds. The number of rotatable bonds is 5. The standard InChI is InChI=1S/C14H15Cl2FN2O2/c15-10-8-11(16)12(17)7-9(10)14(21)18-4-2-6-19-5-1-3-13(19)20/h7-8H,1-6H2,(H,18,21). The molecule has 1 aliphatic rings. The van der Waals surface area contributed by atoms with Crippen LogP contribution in [-0.4, -0.2) is 36.3 Å². The zero-order valence-corrected chi connectivity index (χ0v) is 12.8. The van der Waals surface area contributed by atoms with E-state index in [2.05, 4.69) is 5.32 Å². The lowest BCUT2D eigenvalue weighted by atomic mass is 10.2. The van der Waals surface area contributed by atoms with Gasteiger partial charge >= 0.3 is 0 Å². The lowest BCUT2D eigenvalue weighted by Crippen LogP contribution is -2.30. The fourth-order valence-corrected chi connectivity index (χ4v) is 2.67. The predicted octanol–water partition coefficient (Wildman–Crippen LogP) is 2.87. The van der Waals surface area contributed by atoms with Gasteiger partial charge < -0.3 is 10.2 Å². The molecule has 1 aliphatic heterocycles. The SMILES string of the molecule is O=C(NCCCN1CCCC1=O)c1cc(F)c(Cl)cc1Cl. The average Bonchev–Trinajstić information content (AvgIpc) is 2.84. The molecule has 2 rings (SSSR count). The van der Waals surface area contributed by atoms with Gasteiger partial charge in [0.1, 0.15) is 5.82 Å². The van der Waals surface area contributed by atoms with E-state index < -0.39 is 11.7 Å². The average molecular weight is 333 g/mol. The Labute approximate surface area is 132 Å². The highest BCUT2D eigenvalue weighted by Crippen LogP contribution is 2.24. The van der Waals surface area contributed by atoms with E-state index >= 15 is 0 Å². The fraction of sp³-hybridized carbons (Fsp3) is 0.429. The minimum Gasteiger partial charge on any atom is -0.352 e. The van der Waals surface area contributed by atoms with Crippen molar-refractivity contribution in [3.05, 3.63) is 33.6 Å². The van der Waals surface area contributed by atoms with Crippen molar-refractivity contribution in [2.75, 3.05) is 19.6 Å². The Morgan fingerprint density at radius 2 is 2.10 bits per heavy atom. The summed E-state index contributed by atoms with van der Waals surface area (Å²) in [5.41, 5.74) is 0.0517. The van der Waals surface area contributed by atoms with Crippen molar-refractivity contribution in [2.45, 2.75) is 19.3 Å². The number of benzene rings is 1. The smallest absolute Gasteiger partial charge is 0.252 e. The lowest BCUT2D eigenvalue weighted by molar-refractivity contribution is -0.127. The number of hydrogen-bond donors (Lipinski definition) is 1. The van der Waals surface area contributed by atoms with Crippen LogP contribution in [0, 0.1) is 5.82 Å². The molecule has 7 heteroatoms. The second-order valence-corrected chi connectivity index (χ2v) is 5.65. The molecule has 4 nitrogen and oxygen atoms in total. The minimum absolute atomic E-state index is 0.0517. The van der Waals surface area contributed by atoms with Gasteiger partial charge in [0.15, 0.2) is 0 Å². The van der Waals surface area contributed by atoms with Gasteiger partial charge in [0, 0.05) is 26.1 Å². The molecular weight excluding hydrogens is 318 g/mol. The van der Waals surface area contributed by atoms with Crippen LogP contribution in [0.2, 0.25) is 10.0 Å². The molecule has 0 radical (unpaired) electrons. The first-order chi connectivity index (χ1) is 9.99. The molecule has 1 aromatic carbocycles. The van der Waals surface area contributed by atoms with Crippen LogP contribution in [0.4, 0.5) is 4.39 Å². The van der Waals surface area contributed by atoms with Crippen LogP contribution in [0.15, 0.2) is 12.1 Å². The number of halogens is 3. The van der Waals surface area contributed by atoms with Gasteiger partial charge in [0.25, 0.3) is 5.91 Å². The van der Waals surface area contributed by atoms with Crippen LogP contribution in [-0.2, 0) is 4.79 Å². The Morgan fingerprint density at radius 1 is 1.33 bits per heavy atom. The first-order valence-corrected chi connectivity index (χ1v) is 7.45. The van der Waals surface area contributed by atoms with E-state index in [0.29, 0.717) is 25.9 Å². The molecule has 0 unspecified atom stereocenters. The third kappa shape index (κ3) is 4.08. The summed E-state index contributed by atoms with van der Waals surface area (Å²) in [4.78, 5) is 25.1. The van der Waals surface area contributed by atoms with Crippen molar-refractivity contribution < 1.29 is 14.0 Å². The Morgan fingerprint density at radius 3 is 2.76 bits per heavy atom. The molecule has 0 aromatic heterocycles. The summed E-state index contributed by atoms with van der Waals surface area (Å²) in [6.45, 7) is 1.78. The van der Waals surface area contributed by atoms with Crippen molar-refractivity contribution in [1.29, 1.82) is 0 Å². The predicted molar refractivity (Wildman–Crippen MR) is 79.2 cm³/mol. The summed E-state index contributed by atoms with van der Waals surface area (Å²) in [5.74, 6) is -0.985. The Kier molecular flexibility index (Phi) is 5.42. The third-order valence-electron chi connectivity index (χ3n) is 3.32. The highest BCUT2D eigenvalue weighted by atomic mass is 35.5. The molecule has 1 fully saturated rings. The van der Waals surface area contributed by atoms with E-state index in [-0.39, 0.29) is 21.5 Å². The van der Waals surface area contributed by atoms with Gasteiger partial charge in [-0.25, -0.2) is 4.39 Å². The van der Waals surface area contributed by atoms with E-state index in [1.807, 2.05) is 0 Å². The van der Waals surface area contributed by atoms with Gasteiger partial charge in [-0.1, -0.05) is 23.2 Å². The molecular formula is C14H15Cl2FN2O2. The fourth-order valence-electron chi connectivity index (χ4n) is 2.20. The number of hydrogen-bond acceptors (Lipinski definition) is 2. The molecule has 21 heavy (non-hydrogen) atoms. The molecule has 1 aromatic rings. The third-order valence-corrected chi connectivity index (χ3v) is 3.92. The maximum absolute atomic E-state index is 13.3. The maximum Gasteiger partial charge on any atom is 0.252 e. The van der Waals surface area contributed by atoms with Gasteiger partial charge in [-0.15, -0.1) is 0 Å². The number of nitrogens with zero attached hydrogens (tertiary/aromatic N) is 1. The van der Waals surface area contributed by atoms with Crippen LogP contribution in [0.3, 0.4) is 0 Å². The van der Waals surface area contributed by atoms with Crippen molar-refractivity contribution in [1.82, 2.24) is 10.2 Å². The molecule has 0 atom stereocenters. The molecule has 1 saturated heterocycles. The number of likely N-dealkylation sites (tertiary alicyclic amines) is 1. The normalized spacial score (nSPS) is 14.6. The van der Waals surface area contributed by atoms with Gasteiger partial charge in [-0.3, -0.25) is 9.59 Å². The first kappa shape index (κ1) is 16.0. The maximum atomic E-state index is 13.3. The largest absolute Gasteiger partial charge is 0.352 e. The van der Waals surface area contributed by atoms with Crippen LogP contribution in [0.25, 0.3) is 0 Å². The molecule has 1 N–H and O–H groups in total. The highest BCUT2D eigenvalue weighted by molar-refractivity contribution is 6.36. The molecule has 0 bridgehead atoms. The zero-order chi connectivity index (χ0) is 15.4. The van der Waals surface area contributed by atoms with Gasteiger partial charge in [0.2, 0.25) is 5.91 Å². The highest BCUT2D eigenvalue weighted by Gasteiger charge is 2.19. The first-order valence-electron chi connectivity index (χ1n) is 6.69. The van der Waals surface area contributed by atoms with Crippen molar-refractivity contribution in [3.8, 4) is 0 Å². The summed E-state index contributed by atoms with van der Waals surface area (Å²) in [5, 5.41) is 2.64. The Hall–Kier alpha value is -1.33. The summed E-state index contributed by atoms with van der Waals surface area (Å²) in [7, 11) is 0. The molecule has 114 valence electrons. The summed E-state index contributed by atoms with van der Waals surface area (Å²) >= 11 is 11.4. The van der Waals surface area contributed by atoms with Crippen LogP contribution < -0.4 is 5.32 Å². The monoisotopic (exact) mass is 332 g/mol. The Bertz CT molecular complexity index is 566. The summed E-state index contributed by atoms with van der Waals surface area (Å²) < 4.78 is 13.3. The van der Waals surface area contributed by atoms with E-state index in [0.717, 1.165) is 19.0 Å². The van der Waals surface area contributed by atoms with Crippen LogP contribution in [0.5, 0.6) is 0 Å². The lowest BCUT2D eigenvalue weighted by Gasteiger charge is -2.15. The van der Waals surface area contributed by atoms with Crippen molar-refractivity contribution >= 4 is 35.0 Å². The number of carbonyl (C=O) groups excluding carboxylic acids is 2. The van der Waals surface area contributed by atoms with Crippen LogP contribution in [0.1, 0.15) is 29.6 Å². The second-order valence-electron chi connectivity index (χ2n) is 4.84. The molecule has 0 saturated carbocycles. The van der Waals surface area contributed by atoms with Crippen molar-refractivity contribution in [2.24, 2.45) is 0 Å². The molecule has 0 spiro atoms. The van der Waals surface area contributed by atoms with Gasteiger partial charge in [-0.05, 0) is 25.0 Å². The van der Waals surface area contributed by atoms with E-state index in [1.54, 1.807) is 4.90 Å². The number of nitrogens with one attached hydrogen (secondary N) is 1. The van der Waals surface area contributed by atoms with E-state index in [4.69, 9.17) is 23.2 Å². The van der Waals surface area contributed by atoms with Crippen LogP contribution >= 0.6 is 23.2 Å².